The van der Waals surface area contributed by atoms with Crippen molar-refractivity contribution in [2.45, 2.75) is 25.3 Å². The van der Waals surface area contributed by atoms with Gasteiger partial charge in [0.1, 0.15) is 0 Å². The van der Waals surface area contributed by atoms with E-state index in [1.54, 1.807) is 0 Å². The van der Waals surface area contributed by atoms with Crippen LogP contribution >= 0.6 is 27.3 Å². The average Bonchev–Trinajstić information content (AvgIpc) is 2.95. The standard InChI is InChI=1S/C13H19BrN2S/c14-13-5-4-12(17-13)11(6-15)16-7-9-2-1-3-10(9)8-16/h4-5,9-11H,1-3,6-8,15H2. The van der Waals surface area contributed by atoms with Gasteiger partial charge < -0.3 is 5.73 Å². The van der Waals surface area contributed by atoms with Crippen LogP contribution in [0.15, 0.2) is 15.9 Å². The molecule has 1 aliphatic heterocycles. The maximum atomic E-state index is 5.99. The van der Waals surface area contributed by atoms with Crippen molar-refractivity contribution in [2.24, 2.45) is 17.6 Å². The van der Waals surface area contributed by atoms with E-state index in [2.05, 4.69) is 33.0 Å². The Morgan fingerprint density at radius 2 is 2.06 bits per heavy atom. The number of nitrogens with zero attached hydrogens (tertiary/aromatic N) is 1. The minimum absolute atomic E-state index is 0.442. The van der Waals surface area contributed by atoms with Gasteiger partial charge in [-0.05, 0) is 52.7 Å². The summed E-state index contributed by atoms with van der Waals surface area (Å²) < 4.78 is 1.21. The SMILES string of the molecule is NCC(c1ccc(Br)s1)N1CC2CCCC2C1. The third kappa shape index (κ3) is 2.33. The van der Waals surface area contributed by atoms with Crippen LogP contribution < -0.4 is 5.73 Å². The van der Waals surface area contributed by atoms with E-state index in [0.29, 0.717) is 6.04 Å². The molecule has 1 aliphatic carbocycles. The van der Waals surface area contributed by atoms with Crippen LogP contribution in [-0.4, -0.2) is 24.5 Å². The molecule has 2 heterocycles. The molecule has 0 aromatic carbocycles. The molecule has 0 radical (unpaired) electrons. The maximum absolute atomic E-state index is 5.99. The first-order chi connectivity index (χ1) is 8.28. The van der Waals surface area contributed by atoms with E-state index in [-0.39, 0.29) is 0 Å². The Morgan fingerprint density at radius 3 is 2.59 bits per heavy atom. The van der Waals surface area contributed by atoms with Gasteiger partial charge in [0, 0.05) is 24.5 Å². The Kier molecular flexibility index (Phi) is 3.57. The lowest BCUT2D eigenvalue weighted by Crippen LogP contribution is -2.32. The van der Waals surface area contributed by atoms with Crippen molar-refractivity contribution in [3.63, 3.8) is 0 Å². The van der Waals surface area contributed by atoms with E-state index in [1.165, 1.54) is 41.0 Å². The van der Waals surface area contributed by atoms with Crippen molar-refractivity contribution in [3.8, 4) is 0 Å². The first-order valence-corrected chi connectivity index (χ1v) is 8.08. The van der Waals surface area contributed by atoms with Gasteiger partial charge in [-0.2, -0.15) is 0 Å². The normalized spacial score (nSPS) is 30.7. The van der Waals surface area contributed by atoms with Crippen molar-refractivity contribution in [2.75, 3.05) is 19.6 Å². The van der Waals surface area contributed by atoms with E-state index in [0.717, 1.165) is 18.4 Å². The van der Waals surface area contributed by atoms with E-state index < -0.39 is 0 Å². The lowest BCUT2D eigenvalue weighted by Gasteiger charge is -2.26. The van der Waals surface area contributed by atoms with Crippen LogP contribution in [0.4, 0.5) is 0 Å². The number of rotatable bonds is 3. The number of hydrogen-bond acceptors (Lipinski definition) is 3. The highest BCUT2D eigenvalue weighted by Gasteiger charge is 2.38. The fourth-order valence-electron chi connectivity index (χ4n) is 3.48. The maximum Gasteiger partial charge on any atom is 0.0702 e. The van der Waals surface area contributed by atoms with Crippen molar-refractivity contribution >= 4 is 27.3 Å². The predicted octanol–water partition coefficient (Wildman–Crippen LogP) is 3.24. The number of thiophene rings is 1. The van der Waals surface area contributed by atoms with Gasteiger partial charge in [-0.25, -0.2) is 0 Å². The first-order valence-electron chi connectivity index (χ1n) is 6.47. The van der Waals surface area contributed by atoms with E-state index in [1.807, 2.05) is 11.3 Å². The number of hydrogen-bond donors (Lipinski definition) is 1. The molecule has 2 N–H and O–H groups in total. The molecule has 3 rings (SSSR count). The second-order valence-corrected chi connectivity index (χ2v) is 7.79. The first kappa shape index (κ1) is 12.2. The lowest BCUT2D eigenvalue weighted by molar-refractivity contribution is 0.235. The molecule has 3 atom stereocenters. The fourth-order valence-corrected chi connectivity index (χ4v) is 5.05. The zero-order chi connectivity index (χ0) is 11.8. The van der Waals surface area contributed by atoms with Crippen LogP contribution in [0.1, 0.15) is 30.2 Å². The summed E-state index contributed by atoms with van der Waals surface area (Å²) in [6.07, 6.45) is 4.32. The molecule has 1 saturated carbocycles. The minimum atomic E-state index is 0.442. The molecule has 17 heavy (non-hydrogen) atoms. The molecule has 1 saturated heterocycles. The highest BCUT2D eigenvalue weighted by atomic mass is 79.9. The molecule has 0 amide bonds. The second kappa shape index (κ2) is 5.00. The fraction of sp³-hybridized carbons (Fsp3) is 0.692. The molecule has 1 aromatic heterocycles. The summed E-state index contributed by atoms with van der Waals surface area (Å²) in [7, 11) is 0. The molecule has 94 valence electrons. The molecule has 0 spiro atoms. The van der Waals surface area contributed by atoms with E-state index in [9.17, 15) is 0 Å². The lowest BCUT2D eigenvalue weighted by atomic mass is 10.0. The second-order valence-electron chi connectivity index (χ2n) is 5.30. The van der Waals surface area contributed by atoms with Crippen LogP contribution in [0.2, 0.25) is 0 Å². The van der Waals surface area contributed by atoms with Crippen LogP contribution in [0.5, 0.6) is 0 Å². The summed E-state index contributed by atoms with van der Waals surface area (Å²) in [6.45, 7) is 3.27. The molecule has 4 heteroatoms. The number of nitrogens with two attached hydrogens (primary N) is 1. The molecular weight excluding hydrogens is 296 g/mol. The molecule has 3 unspecified atom stereocenters. The topological polar surface area (TPSA) is 29.3 Å². The molecule has 2 fully saturated rings. The zero-order valence-corrected chi connectivity index (χ0v) is 12.3. The summed E-state index contributed by atoms with van der Waals surface area (Å²) >= 11 is 5.38. The quantitative estimate of drug-likeness (QED) is 0.928. The summed E-state index contributed by atoms with van der Waals surface area (Å²) in [4.78, 5) is 4.03. The average molecular weight is 315 g/mol. The number of fused-ring (bicyclic) bond motifs is 1. The third-order valence-electron chi connectivity index (χ3n) is 4.34. The monoisotopic (exact) mass is 314 g/mol. The Bertz CT molecular complexity index is 381. The van der Waals surface area contributed by atoms with Gasteiger partial charge in [0.25, 0.3) is 0 Å². The van der Waals surface area contributed by atoms with Crippen LogP contribution in [0.25, 0.3) is 0 Å². The third-order valence-corrected chi connectivity index (χ3v) is 6.07. The van der Waals surface area contributed by atoms with Gasteiger partial charge in [0.05, 0.1) is 9.83 Å². The molecule has 1 aromatic rings. The van der Waals surface area contributed by atoms with Gasteiger partial charge >= 0.3 is 0 Å². The smallest absolute Gasteiger partial charge is 0.0702 e. The van der Waals surface area contributed by atoms with Crippen molar-refractivity contribution in [3.05, 3.63) is 20.8 Å². The molecule has 0 bridgehead atoms. The highest BCUT2D eigenvalue weighted by Crippen LogP contribution is 2.41. The van der Waals surface area contributed by atoms with Crippen LogP contribution in [0.3, 0.4) is 0 Å². The van der Waals surface area contributed by atoms with Crippen LogP contribution in [-0.2, 0) is 0 Å². The van der Waals surface area contributed by atoms with Crippen molar-refractivity contribution < 1.29 is 0 Å². The largest absolute Gasteiger partial charge is 0.329 e. The number of likely N-dealkylation sites (tertiary alicyclic amines) is 1. The number of halogens is 1. The highest BCUT2D eigenvalue weighted by molar-refractivity contribution is 9.11. The summed E-state index contributed by atoms with van der Waals surface area (Å²) in [5, 5.41) is 0. The molecule has 2 nitrogen and oxygen atoms in total. The summed E-state index contributed by atoms with van der Waals surface area (Å²) in [5.74, 6) is 1.90. The molecular formula is C13H19BrN2S. The Labute approximate surface area is 115 Å². The zero-order valence-electron chi connectivity index (χ0n) is 9.94. The summed E-state index contributed by atoms with van der Waals surface area (Å²) in [6, 6.07) is 4.80. The van der Waals surface area contributed by atoms with E-state index >= 15 is 0 Å². The van der Waals surface area contributed by atoms with E-state index in [4.69, 9.17) is 5.73 Å². The van der Waals surface area contributed by atoms with Gasteiger partial charge in [0.2, 0.25) is 0 Å². The summed E-state index contributed by atoms with van der Waals surface area (Å²) in [5.41, 5.74) is 5.99. The minimum Gasteiger partial charge on any atom is -0.329 e. The Morgan fingerprint density at radius 1 is 1.35 bits per heavy atom. The van der Waals surface area contributed by atoms with Gasteiger partial charge in [-0.3, -0.25) is 4.90 Å². The van der Waals surface area contributed by atoms with Crippen molar-refractivity contribution in [1.29, 1.82) is 0 Å². The van der Waals surface area contributed by atoms with Gasteiger partial charge in [-0.1, -0.05) is 6.42 Å². The van der Waals surface area contributed by atoms with Crippen molar-refractivity contribution in [1.82, 2.24) is 4.90 Å². The Hall–Kier alpha value is 0.1000. The van der Waals surface area contributed by atoms with Gasteiger partial charge in [-0.15, -0.1) is 11.3 Å². The molecule has 2 aliphatic rings. The van der Waals surface area contributed by atoms with Gasteiger partial charge in [0.15, 0.2) is 0 Å². The Balaban J connectivity index is 1.74. The predicted molar refractivity (Wildman–Crippen MR) is 76.2 cm³/mol. The van der Waals surface area contributed by atoms with Crippen LogP contribution in [0, 0.1) is 11.8 Å².